The monoisotopic (exact) mass is 278 g/mol. The number of carbonyl (C=O) groups excluding carboxylic acids is 1. The Hall–Kier alpha value is -1.62. The molecule has 0 atom stereocenters. The van der Waals surface area contributed by atoms with Crippen LogP contribution in [0.2, 0.25) is 0 Å². The van der Waals surface area contributed by atoms with E-state index in [1.807, 2.05) is 18.2 Å². The van der Waals surface area contributed by atoms with Crippen LogP contribution in [0.5, 0.6) is 5.75 Å². The maximum absolute atomic E-state index is 12.0. The molecule has 0 bridgehead atoms. The standard InChI is InChI=1S/C14H18N2O2S/c15-13(19)9-18-12-7-3-6-11(8-12)16-14(17)10-4-1-2-5-10/h3,6-8,10H,1-2,4-5,9H2,(H2,15,19)(H,16,17). The van der Waals surface area contributed by atoms with E-state index in [0.29, 0.717) is 10.7 Å². The SMILES string of the molecule is NC(=S)COc1cccc(NC(=O)C2CCCC2)c1. The van der Waals surface area contributed by atoms with E-state index >= 15 is 0 Å². The van der Waals surface area contributed by atoms with E-state index in [1.54, 1.807) is 6.07 Å². The summed E-state index contributed by atoms with van der Waals surface area (Å²) in [6.45, 7) is 0.204. The summed E-state index contributed by atoms with van der Waals surface area (Å²) in [5.41, 5.74) is 6.13. The largest absolute Gasteiger partial charge is 0.486 e. The van der Waals surface area contributed by atoms with E-state index < -0.39 is 0 Å². The predicted octanol–water partition coefficient (Wildman–Crippen LogP) is 2.48. The van der Waals surface area contributed by atoms with Crippen LogP contribution in [-0.2, 0) is 4.79 Å². The lowest BCUT2D eigenvalue weighted by molar-refractivity contribution is -0.119. The van der Waals surface area contributed by atoms with Gasteiger partial charge >= 0.3 is 0 Å². The molecule has 1 saturated carbocycles. The van der Waals surface area contributed by atoms with Gasteiger partial charge in [-0.2, -0.15) is 0 Å². The molecule has 5 heteroatoms. The fourth-order valence-corrected chi connectivity index (χ4v) is 2.31. The molecule has 0 unspecified atom stereocenters. The fourth-order valence-electron chi connectivity index (χ4n) is 2.25. The molecule has 1 aliphatic rings. The number of rotatable bonds is 5. The maximum atomic E-state index is 12.0. The number of hydrogen-bond donors (Lipinski definition) is 2. The zero-order valence-electron chi connectivity index (χ0n) is 10.7. The van der Waals surface area contributed by atoms with Gasteiger partial charge in [0.15, 0.2) is 0 Å². The Morgan fingerprint density at radius 3 is 2.84 bits per heavy atom. The van der Waals surface area contributed by atoms with Crippen LogP contribution in [0.4, 0.5) is 5.69 Å². The number of carbonyl (C=O) groups is 1. The average Bonchev–Trinajstić information content (AvgIpc) is 2.91. The second-order valence-electron chi connectivity index (χ2n) is 4.75. The van der Waals surface area contributed by atoms with E-state index in [2.05, 4.69) is 5.32 Å². The highest BCUT2D eigenvalue weighted by atomic mass is 32.1. The smallest absolute Gasteiger partial charge is 0.227 e. The van der Waals surface area contributed by atoms with Gasteiger partial charge in [0.1, 0.15) is 17.3 Å². The van der Waals surface area contributed by atoms with Gasteiger partial charge in [-0.05, 0) is 25.0 Å². The van der Waals surface area contributed by atoms with Crippen molar-refractivity contribution < 1.29 is 9.53 Å². The Bertz CT molecular complexity index is 470. The topological polar surface area (TPSA) is 64.3 Å². The van der Waals surface area contributed by atoms with Crippen LogP contribution in [0.25, 0.3) is 0 Å². The van der Waals surface area contributed by atoms with Gasteiger partial charge in [-0.15, -0.1) is 0 Å². The molecule has 19 heavy (non-hydrogen) atoms. The number of hydrogen-bond acceptors (Lipinski definition) is 3. The highest BCUT2D eigenvalue weighted by Gasteiger charge is 2.22. The van der Waals surface area contributed by atoms with Gasteiger partial charge in [0.25, 0.3) is 0 Å². The van der Waals surface area contributed by atoms with Crippen LogP contribution >= 0.6 is 12.2 Å². The zero-order chi connectivity index (χ0) is 13.7. The van der Waals surface area contributed by atoms with Crippen molar-refractivity contribution in [1.82, 2.24) is 0 Å². The molecule has 1 aromatic rings. The molecule has 0 aromatic heterocycles. The summed E-state index contributed by atoms with van der Waals surface area (Å²) in [6, 6.07) is 7.27. The molecule has 102 valence electrons. The number of anilines is 1. The summed E-state index contributed by atoms with van der Waals surface area (Å²) in [6.07, 6.45) is 4.28. The quantitative estimate of drug-likeness (QED) is 0.812. The first-order valence-electron chi connectivity index (χ1n) is 6.47. The van der Waals surface area contributed by atoms with Gasteiger partial charge in [0.2, 0.25) is 5.91 Å². The summed E-state index contributed by atoms with van der Waals surface area (Å²) < 4.78 is 5.40. The fraction of sp³-hybridized carbons (Fsp3) is 0.429. The summed E-state index contributed by atoms with van der Waals surface area (Å²) in [5, 5.41) is 2.93. The van der Waals surface area contributed by atoms with Crippen LogP contribution in [-0.4, -0.2) is 17.5 Å². The minimum atomic E-state index is 0.101. The van der Waals surface area contributed by atoms with Crippen LogP contribution in [0.1, 0.15) is 25.7 Å². The highest BCUT2D eigenvalue weighted by molar-refractivity contribution is 7.80. The summed E-state index contributed by atoms with van der Waals surface area (Å²) >= 11 is 4.75. The molecule has 0 radical (unpaired) electrons. The van der Waals surface area contributed by atoms with Crippen molar-refractivity contribution in [2.75, 3.05) is 11.9 Å². The van der Waals surface area contributed by atoms with Crippen molar-refractivity contribution in [1.29, 1.82) is 0 Å². The normalized spacial score (nSPS) is 15.2. The van der Waals surface area contributed by atoms with Crippen LogP contribution < -0.4 is 15.8 Å². The predicted molar refractivity (Wildman–Crippen MR) is 79.3 cm³/mol. The molecule has 1 aromatic carbocycles. The Labute approximate surface area is 118 Å². The van der Waals surface area contributed by atoms with Crippen LogP contribution in [0.15, 0.2) is 24.3 Å². The molecular formula is C14H18N2O2S. The van der Waals surface area contributed by atoms with Crippen molar-refractivity contribution in [2.24, 2.45) is 11.7 Å². The lowest BCUT2D eigenvalue weighted by atomic mass is 10.1. The maximum Gasteiger partial charge on any atom is 0.227 e. The van der Waals surface area contributed by atoms with Crippen molar-refractivity contribution in [2.45, 2.75) is 25.7 Å². The third-order valence-corrected chi connectivity index (χ3v) is 3.33. The molecule has 3 N–H and O–H groups in total. The molecular weight excluding hydrogens is 260 g/mol. The lowest BCUT2D eigenvalue weighted by Crippen LogP contribution is -2.20. The Balaban J connectivity index is 1.94. The second kappa shape index (κ2) is 6.52. The molecule has 1 amide bonds. The Morgan fingerprint density at radius 2 is 2.16 bits per heavy atom. The van der Waals surface area contributed by atoms with Gasteiger partial charge in [0.05, 0.1) is 0 Å². The van der Waals surface area contributed by atoms with Gasteiger partial charge in [-0.25, -0.2) is 0 Å². The van der Waals surface area contributed by atoms with E-state index in [9.17, 15) is 4.79 Å². The van der Waals surface area contributed by atoms with Gasteiger partial charge in [-0.1, -0.05) is 31.1 Å². The molecule has 0 aliphatic heterocycles. The minimum Gasteiger partial charge on any atom is -0.486 e. The second-order valence-corrected chi connectivity index (χ2v) is 5.28. The van der Waals surface area contributed by atoms with E-state index in [1.165, 1.54) is 0 Å². The average molecular weight is 278 g/mol. The van der Waals surface area contributed by atoms with Crippen LogP contribution in [0.3, 0.4) is 0 Å². The third kappa shape index (κ3) is 4.21. The summed E-state index contributed by atoms with van der Waals surface area (Å²) in [5.74, 6) is 0.905. The number of thiocarbonyl (C=S) groups is 1. The Morgan fingerprint density at radius 1 is 1.42 bits per heavy atom. The number of benzene rings is 1. The lowest BCUT2D eigenvalue weighted by Gasteiger charge is -2.11. The first-order valence-corrected chi connectivity index (χ1v) is 6.88. The molecule has 0 saturated heterocycles. The van der Waals surface area contributed by atoms with Crippen molar-refractivity contribution in [3.63, 3.8) is 0 Å². The zero-order valence-corrected chi connectivity index (χ0v) is 11.5. The van der Waals surface area contributed by atoms with E-state index in [-0.39, 0.29) is 18.4 Å². The Kier molecular flexibility index (Phi) is 4.74. The highest BCUT2D eigenvalue weighted by Crippen LogP contribution is 2.26. The van der Waals surface area contributed by atoms with Gasteiger partial charge in [-0.3, -0.25) is 4.79 Å². The summed E-state index contributed by atoms with van der Waals surface area (Å²) in [7, 11) is 0. The van der Waals surface area contributed by atoms with E-state index in [4.69, 9.17) is 22.7 Å². The molecule has 4 nitrogen and oxygen atoms in total. The van der Waals surface area contributed by atoms with Crippen LogP contribution in [0, 0.1) is 5.92 Å². The first kappa shape index (κ1) is 13.8. The molecule has 1 aliphatic carbocycles. The number of nitrogens with two attached hydrogens (primary N) is 1. The molecule has 0 heterocycles. The van der Waals surface area contributed by atoms with Crippen molar-refractivity contribution >= 4 is 28.8 Å². The van der Waals surface area contributed by atoms with Crippen molar-refractivity contribution in [3.8, 4) is 5.75 Å². The molecule has 1 fully saturated rings. The number of amides is 1. The number of ether oxygens (including phenoxy) is 1. The number of nitrogens with one attached hydrogen (secondary N) is 1. The summed E-state index contributed by atoms with van der Waals surface area (Å²) in [4.78, 5) is 12.3. The first-order chi connectivity index (χ1) is 9.15. The third-order valence-electron chi connectivity index (χ3n) is 3.21. The molecule has 0 spiro atoms. The molecule has 2 rings (SSSR count). The minimum absolute atomic E-state index is 0.101. The van der Waals surface area contributed by atoms with Gasteiger partial charge < -0.3 is 15.8 Å². The van der Waals surface area contributed by atoms with Crippen molar-refractivity contribution in [3.05, 3.63) is 24.3 Å². The van der Waals surface area contributed by atoms with Gasteiger partial charge in [0, 0.05) is 17.7 Å². The van der Waals surface area contributed by atoms with E-state index in [0.717, 1.165) is 31.4 Å².